The van der Waals surface area contributed by atoms with Crippen molar-refractivity contribution >= 4 is 23.5 Å². The lowest BCUT2D eigenvalue weighted by Crippen LogP contribution is -2.39. The minimum atomic E-state index is -0.148. The van der Waals surface area contributed by atoms with Crippen LogP contribution in [-0.2, 0) is 14.3 Å². The van der Waals surface area contributed by atoms with Gasteiger partial charge in [0.1, 0.15) is 0 Å². The number of ether oxygens (including phenoxy) is 3. The number of carbonyl (C=O) groups excluding carboxylic acids is 2. The van der Waals surface area contributed by atoms with Crippen LogP contribution in [0, 0.1) is 5.92 Å². The van der Waals surface area contributed by atoms with Gasteiger partial charge in [0.2, 0.25) is 5.91 Å². The third-order valence-corrected chi connectivity index (χ3v) is 8.54. The highest BCUT2D eigenvalue weighted by Gasteiger charge is 2.34. The summed E-state index contributed by atoms with van der Waals surface area (Å²) >= 11 is 6.54. The van der Waals surface area contributed by atoms with Gasteiger partial charge in [0, 0.05) is 65.9 Å². The second kappa shape index (κ2) is 12.4. The first kappa shape index (κ1) is 28.1. The number of carbonyl (C=O) groups is 2. The number of para-hydroxylation sites is 1. The van der Waals surface area contributed by atoms with E-state index in [4.69, 9.17) is 25.8 Å². The van der Waals surface area contributed by atoms with E-state index in [1.54, 1.807) is 14.2 Å². The topological polar surface area (TPSA) is 70.0 Å². The molecule has 0 radical (unpaired) electrons. The summed E-state index contributed by atoms with van der Waals surface area (Å²) in [6.07, 6.45) is 5.24. The number of fused-ring (bicyclic) bond motifs is 3. The molecule has 212 valence electrons. The fourth-order valence-electron chi connectivity index (χ4n) is 6.35. The minimum absolute atomic E-state index is 0.0214. The van der Waals surface area contributed by atoms with Crippen molar-refractivity contribution in [2.75, 3.05) is 33.9 Å². The van der Waals surface area contributed by atoms with E-state index < -0.39 is 0 Å². The first-order valence-electron chi connectivity index (χ1n) is 14.0. The SMILES string of the molecule is CCOC(=O)CC1CCN(C(=O)C[C@H]2C[C@H](c3cccc(OC)c3OC)c3cc(Cl)ccc3-n3cccc32)CC1. The van der Waals surface area contributed by atoms with Crippen LogP contribution in [0.25, 0.3) is 5.69 Å². The summed E-state index contributed by atoms with van der Waals surface area (Å²) in [6.45, 7) is 3.56. The average molecular weight is 565 g/mol. The van der Waals surface area contributed by atoms with Crippen LogP contribution >= 0.6 is 11.6 Å². The highest BCUT2D eigenvalue weighted by atomic mass is 35.5. The standard InChI is InChI=1S/C32H37ClN2O5/c1-4-40-31(37)17-21-12-15-34(16-13-21)30(36)19-22-18-25(24-7-5-9-29(38-2)32(24)39-3)26-20-23(33)10-11-28(26)35-14-6-8-27(22)35/h5-11,14,20-22,25H,4,12-13,15-19H2,1-3H3/t22-,25-/m1/s1. The summed E-state index contributed by atoms with van der Waals surface area (Å²) in [7, 11) is 3.30. The zero-order chi connectivity index (χ0) is 28.2. The number of hydrogen-bond acceptors (Lipinski definition) is 5. The lowest BCUT2D eigenvalue weighted by atomic mass is 9.81. The fraction of sp³-hybridized carbons (Fsp3) is 0.438. The molecule has 3 heterocycles. The monoisotopic (exact) mass is 564 g/mol. The van der Waals surface area contributed by atoms with E-state index in [1.807, 2.05) is 42.2 Å². The summed E-state index contributed by atoms with van der Waals surface area (Å²) in [5.41, 5.74) is 4.26. The van der Waals surface area contributed by atoms with Gasteiger partial charge in [-0.1, -0.05) is 23.7 Å². The summed E-state index contributed by atoms with van der Waals surface area (Å²) in [5, 5.41) is 0.666. The van der Waals surface area contributed by atoms with Crippen molar-refractivity contribution in [3.05, 3.63) is 76.6 Å². The van der Waals surface area contributed by atoms with Gasteiger partial charge in [0.25, 0.3) is 0 Å². The van der Waals surface area contributed by atoms with Gasteiger partial charge >= 0.3 is 5.97 Å². The Bertz CT molecular complexity index is 1360. The Hall–Kier alpha value is -3.45. The van der Waals surface area contributed by atoms with Crippen molar-refractivity contribution in [2.45, 2.75) is 50.9 Å². The van der Waals surface area contributed by atoms with E-state index >= 15 is 0 Å². The number of hydrogen-bond donors (Lipinski definition) is 0. The Morgan fingerprint density at radius 2 is 1.77 bits per heavy atom. The fourth-order valence-corrected chi connectivity index (χ4v) is 6.53. The molecule has 0 unspecified atom stereocenters. The summed E-state index contributed by atoms with van der Waals surface area (Å²) in [4.78, 5) is 27.6. The first-order chi connectivity index (χ1) is 19.4. The predicted molar refractivity (Wildman–Crippen MR) is 155 cm³/mol. The molecule has 0 saturated carbocycles. The molecule has 2 aliphatic rings. The molecule has 0 N–H and O–H groups in total. The first-order valence-corrected chi connectivity index (χ1v) is 14.4. The molecule has 2 aromatic carbocycles. The van der Waals surface area contributed by atoms with Crippen LogP contribution < -0.4 is 9.47 Å². The molecule has 1 amide bonds. The molecule has 3 aromatic rings. The summed E-state index contributed by atoms with van der Waals surface area (Å²) in [5.74, 6) is 1.55. The lowest BCUT2D eigenvalue weighted by molar-refractivity contribution is -0.144. The number of esters is 1. The van der Waals surface area contributed by atoms with Crippen molar-refractivity contribution in [3.8, 4) is 17.2 Å². The third-order valence-electron chi connectivity index (χ3n) is 8.30. The van der Waals surface area contributed by atoms with Crippen LogP contribution in [0.3, 0.4) is 0 Å². The number of halogens is 1. The molecular weight excluding hydrogens is 528 g/mol. The van der Waals surface area contributed by atoms with Crippen LogP contribution in [-0.4, -0.2) is 55.3 Å². The van der Waals surface area contributed by atoms with E-state index in [0.717, 1.165) is 35.3 Å². The van der Waals surface area contributed by atoms with Crippen LogP contribution in [0.2, 0.25) is 5.02 Å². The van der Waals surface area contributed by atoms with Gasteiger partial charge in [-0.25, -0.2) is 0 Å². The smallest absolute Gasteiger partial charge is 0.306 e. The molecule has 0 bridgehead atoms. The highest BCUT2D eigenvalue weighted by molar-refractivity contribution is 6.30. The maximum absolute atomic E-state index is 13.7. The largest absolute Gasteiger partial charge is 0.493 e. The number of nitrogens with zero attached hydrogens (tertiary/aromatic N) is 2. The number of rotatable bonds is 8. The molecular formula is C32H37ClN2O5. The third kappa shape index (κ3) is 5.71. The maximum Gasteiger partial charge on any atom is 0.306 e. The highest BCUT2D eigenvalue weighted by Crippen LogP contribution is 2.48. The molecule has 1 fully saturated rings. The summed E-state index contributed by atoms with van der Waals surface area (Å²) < 4.78 is 18.8. The van der Waals surface area contributed by atoms with Crippen molar-refractivity contribution in [1.29, 1.82) is 0 Å². The molecule has 8 heteroatoms. The number of aromatic nitrogens is 1. The predicted octanol–water partition coefficient (Wildman–Crippen LogP) is 6.35. The van der Waals surface area contributed by atoms with Crippen molar-refractivity contribution in [1.82, 2.24) is 9.47 Å². The Balaban J connectivity index is 1.43. The van der Waals surface area contributed by atoms with Crippen LogP contribution in [0.5, 0.6) is 11.5 Å². The number of benzene rings is 2. The molecule has 2 atom stereocenters. The second-order valence-electron chi connectivity index (χ2n) is 10.6. The van der Waals surface area contributed by atoms with Gasteiger partial charge < -0.3 is 23.7 Å². The molecule has 1 aromatic heterocycles. The second-order valence-corrected chi connectivity index (χ2v) is 11.0. The number of methoxy groups -OCH3 is 2. The zero-order valence-electron chi connectivity index (χ0n) is 23.4. The lowest BCUT2D eigenvalue weighted by Gasteiger charge is -2.33. The molecule has 7 nitrogen and oxygen atoms in total. The van der Waals surface area contributed by atoms with Crippen molar-refractivity contribution in [3.63, 3.8) is 0 Å². The zero-order valence-corrected chi connectivity index (χ0v) is 24.2. The van der Waals surface area contributed by atoms with Crippen LogP contribution in [0.15, 0.2) is 54.7 Å². The summed E-state index contributed by atoms with van der Waals surface area (Å²) in [6, 6.07) is 16.1. The van der Waals surface area contributed by atoms with Crippen LogP contribution in [0.4, 0.5) is 0 Å². The Morgan fingerprint density at radius 1 is 0.975 bits per heavy atom. The molecule has 1 saturated heterocycles. The Kier molecular flexibility index (Phi) is 8.69. The van der Waals surface area contributed by atoms with Gasteiger partial charge in [0.05, 0.1) is 20.8 Å². The van der Waals surface area contributed by atoms with Gasteiger partial charge in [0.15, 0.2) is 11.5 Å². The van der Waals surface area contributed by atoms with Gasteiger partial charge in [-0.3, -0.25) is 9.59 Å². The quantitative estimate of drug-likeness (QED) is 0.298. The van der Waals surface area contributed by atoms with E-state index in [1.165, 1.54) is 0 Å². The maximum atomic E-state index is 13.7. The Morgan fingerprint density at radius 3 is 2.50 bits per heavy atom. The van der Waals surface area contributed by atoms with E-state index in [-0.39, 0.29) is 29.6 Å². The van der Waals surface area contributed by atoms with Crippen molar-refractivity contribution in [2.24, 2.45) is 5.92 Å². The number of likely N-dealkylation sites (tertiary alicyclic amines) is 1. The minimum Gasteiger partial charge on any atom is -0.493 e. The molecule has 5 rings (SSSR count). The number of piperidine rings is 1. The van der Waals surface area contributed by atoms with Crippen LogP contribution in [0.1, 0.15) is 67.7 Å². The van der Waals surface area contributed by atoms with E-state index in [2.05, 4.69) is 29.0 Å². The van der Waals surface area contributed by atoms with E-state index in [9.17, 15) is 9.59 Å². The molecule has 40 heavy (non-hydrogen) atoms. The molecule has 2 aliphatic heterocycles. The number of amides is 1. The Labute approximate surface area is 241 Å². The van der Waals surface area contributed by atoms with Gasteiger partial charge in [-0.15, -0.1) is 0 Å². The van der Waals surface area contributed by atoms with Crippen molar-refractivity contribution < 1.29 is 23.8 Å². The molecule has 0 aliphatic carbocycles. The normalized spacial score (nSPS) is 18.9. The average Bonchev–Trinajstić information content (AvgIpc) is 3.40. The van der Waals surface area contributed by atoms with Gasteiger partial charge in [-0.05, 0) is 74.1 Å². The van der Waals surface area contributed by atoms with E-state index in [0.29, 0.717) is 55.5 Å². The van der Waals surface area contributed by atoms with Gasteiger partial charge in [-0.2, -0.15) is 0 Å². The molecule has 0 spiro atoms.